The standard InChI is InChI=1S/C18H22N2O.ClH/c1-4-9-19-17-12-7-5-6-8-13(12)20-14-10-18(2,3)11-15(21)16(14)17;/h5-8H,4,9-11H2,1-3H3,(H,19,20);1H. The maximum Gasteiger partial charge on any atom is 0.167 e. The number of halogens is 1. The fourth-order valence-corrected chi connectivity index (χ4v) is 3.16. The van der Waals surface area contributed by atoms with Gasteiger partial charge >= 0.3 is 0 Å². The summed E-state index contributed by atoms with van der Waals surface area (Å²) in [6, 6.07) is 8.08. The molecule has 0 spiro atoms. The Morgan fingerprint density at radius 3 is 2.68 bits per heavy atom. The molecule has 0 saturated heterocycles. The van der Waals surface area contributed by atoms with Gasteiger partial charge in [0.05, 0.1) is 22.5 Å². The average Bonchev–Trinajstić information content (AvgIpc) is 2.42. The van der Waals surface area contributed by atoms with Gasteiger partial charge in [-0.05, 0) is 24.3 Å². The van der Waals surface area contributed by atoms with Crippen molar-refractivity contribution in [3.8, 4) is 0 Å². The van der Waals surface area contributed by atoms with Gasteiger partial charge in [-0.1, -0.05) is 39.0 Å². The number of ketones is 1. The smallest absolute Gasteiger partial charge is 0.167 e. The molecule has 22 heavy (non-hydrogen) atoms. The van der Waals surface area contributed by atoms with Crippen LogP contribution in [0.2, 0.25) is 0 Å². The number of hydrogen-bond donors (Lipinski definition) is 1. The second-order valence-electron chi connectivity index (χ2n) is 6.69. The summed E-state index contributed by atoms with van der Waals surface area (Å²) in [5, 5.41) is 4.52. The van der Waals surface area contributed by atoms with Crippen molar-refractivity contribution in [1.29, 1.82) is 0 Å². The van der Waals surface area contributed by atoms with Crippen molar-refractivity contribution in [3.05, 3.63) is 35.5 Å². The Bertz CT molecular complexity index is 710. The minimum absolute atomic E-state index is 0. The summed E-state index contributed by atoms with van der Waals surface area (Å²) in [7, 11) is 0. The highest BCUT2D eigenvalue weighted by atomic mass is 35.5. The first-order valence-corrected chi connectivity index (χ1v) is 7.70. The molecule has 118 valence electrons. The summed E-state index contributed by atoms with van der Waals surface area (Å²) >= 11 is 0. The van der Waals surface area contributed by atoms with E-state index in [4.69, 9.17) is 4.98 Å². The van der Waals surface area contributed by atoms with Crippen LogP contribution in [-0.4, -0.2) is 17.3 Å². The predicted octanol–water partition coefficient (Wildman–Crippen LogP) is 4.63. The van der Waals surface area contributed by atoms with Gasteiger partial charge in [-0.2, -0.15) is 0 Å². The van der Waals surface area contributed by atoms with E-state index in [1.165, 1.54) is 0 Å². The van der Waals surface area contributed by atoms with E-state index in [0.717, 1.165) is 47.2 Å². The van der Waals surface area contributed by atoms with Gasteiger partial charge in [-0.3, -0.25) is 9.78 Å². The molecule has 3 rings (SSSR count). The Balaban J connectivity index is 0.00000176. The van der Waals surface area contributed by atoms with Crippen LogP contribution < -0.4 is 5.32 Å². The van der Waals surface area contributed by atoms with Crippen molar-refractivity contribution in [3.63, 3.8) is 0 Å². The molecule has 1 aliphatic rings. The van der Waals surface area contributed by atoms with E-state index in [-0.39, 0.29) is 23.6 Å². The van der Waals surface area contributed by atoms with Crippen LogP contribution in [0.5, 0.6) is 0 Å². The number of nitrogens with zero attached hydrogens (tertiary/aromatic N) is 1. The molecule has 0 radical (unpaired) electrons. The van der Waals surface area contributed by atoms with Crippen molar-refractivity contribution in [2.45, 2.75) is 40.0 Å². The Labute approximate surface area is 137 Å². The summed E-state index contributed by atoms with van der Waals surface area (Å²) in [4.78, 5) is 17.4. The molecule has 2 aromatic rings. The summed E-state index contributed by atoms with van der Waals surface area (Å²) in [6.45, 7) is 7.29. The lowest BCUT2D eigenvalue weighted by Crippen LogP contribution is -2.29. The number of anilines is 1. The van der Waals surface area contributed by atoms with E-state index in [1.54, 1.807) is 0 Å². The second-order valence-corrected chi connectivity index (χ2v) is 6.69. The number of benzene rings is 1. The van der Waals surface area contributed by atoms with Crippen molar-refractivity contribution in [1.82, 2.24) is 4.98 Å². The van der Waals surface area contributed by atoms with Crippen molar-refractivity contribution >= 4 is 34.8 Å². The van der Waals surface area contributed by atoms with E-state index in [1.807, 2.05) is 24.3 Å². The zero-order valence-corrected chi connectivity index (χ0v) is 14.2. The molecule has 1 N–H and O–H groups in total. The average molecular weight is 319 g/mol. The Morgan fingerprint density at radius 2 is 1.95 bits per heavy atom. The number of rotatable bonds is 3. The lowest BCUT2D eigenvalue weighted by Gasteiger charge is -2.31. The summed E-state index contributed by atoms with van der Waals surface area (Å²) < 4.78 is 0. The molecule has 0 saturated carbocycles. The molecule has 4 heteroatoms. The first kappa shape index (κ1) is 16.8. The lowest BCUT2D eigenvalue weighted by molar-refractivity contribution is 0.0911. The van der Waals surface area contributed by atoms with Crippen LogP contribution in [0, 0.1) is 5.41 Å². The van der Waals surface area contributed by atoms with Crippen molar-refractivity contribution in [2.24, 2.45) is 5.41 Å². The molecule has 1 heterocycles. The maximum absolute atomic E-state index is 12.6. The number of nitrogens with one attached hydrogen (secondary N) is 1. The van der Waals surface area contributed by atoms with E-state index >= 15 is 0 Å². The van der Waals surface area contributed by atoms with Gasteiger partial charge in [0, 0.05) is 18.4 Å². The first-order chi connectivity index (χ1) is 10.0. The number of carbonyl (C=O) groups excluding carboxylic acids is 1. The third-order valence-corrected chi connectivity index (χ3v) is 4.08. The van der Waals surface area contributed by atoms with Crippen LogP contribution in [0.4, 0.5) is 5.69 Å². The molecule has 0 amide bonds. The zero-order valence-electron chi connectivity index (χ0n) is 13.4. The van der Waals surface area contributed by atoms with Gasteiger partial charge in [-0.15, -0.1) is 12.4 Å². The number of pyridine rings is 1. The SMILES string of the molecule is CCCNc1c2c(nc3ccccc13)CC(C)(C)CC2=O.Cl. The highest BCUT2D eigenvalue weighted by molar-refractivity contribution is 6.10. The van der Waals surface area contributed by atoms with Crippen LogP contribution in [0.3, 0.4) is 0 Å². The number of aromatic nitrogens is 1. The molecule has 0 unspecified atom stereocenters. The van der Waals surface area contributed by atoms with Crippen LogP contribution in [-0.2, 0) is 6.42 Å². The summed E-state index contributed by atoms with van der Waals surface area (Å²) in [6.07, 6.45) is 2.49. The minimum atomic E-state index is 0. The molecule has 1 aliphatic carbocycles. The second kappa shape index (κ2) is 6.25. The van der Waals surface area contributed by atoms with Gasteiger partial charge in [0.1, 0.15) is 0 Å². The predicted molar refractivity (Wildman–Crippen MR) is 94.2 cm³/mol. The largest absolute Gasteiger partial charge is 0.384 e. The first-order valence-electron chi connectivity index (χ1n) is 7.70. The molecule has 0 atom stereocenters. The quantitative estimate of drug-likeness (QED) is 0.896. The van der Waals surface area contributed by atoms with Gasteiger partial charge < -0.3 is 5.32 Å². The summed E-state index contributed by atoms with van der Waals surface area (Å²) in [5.41, 5.74) is 3.73. The van der Waals surface area contributed by atoms with E-state index < -0.39 is 0 Å². The van der Waals surface area contributed by atoms with E-state index in [2.05, 4.69) is 26.1 Å². The molecule has 0 aliphatic heterocycles. The Kier molecular flexibility index (Phi) is 4.76. The van der Waals surface area contributed by atoms with Crippen LogP contribution in [0.25, 0.3) is 10.9 Å². The number of fused-ring (bicyclic) bond motifs is 2. The highest BCUT2D eigenvalue weighted by Gasteiger charge is 2.34. The molecule has 1 aromatic carbocycles. The van der Waals surface area contributed by atoms with Gasteiger partial charge in [-0.25, -0.2) is 0 Å². The van der Waals surface area contributed by atoms with E-state index in [9.17, 15) is 4.79 Å². The Morgan fingerprint density at radius 1 is 1.23 bits per heavy atom. The lowest BCUT2D eigenvalue weighted by atomic mass is 9.75. The number of carbonyl (C=O) groups is 1. The monoisotopic (exact) mass is 318 g/mol. The number of hydrogen-bond acceptors (Lipinski definition) is 3. The fraction of sp³-hybridized carbons (Fsp3) is 0.444. The van der Waals surface area contributed by atoms with Crippen LogP contribution in [0.1, 0.15) is 49.7 Å². The van der Waals surface area contributed by atoms with Crippen LogP contribution in [0.15, 0.2) is 24.3 Å². The Hall–Kier alpha value is -1.61. The maximum atomic E-state index is 12.6. The normalized spacial score (nSPS) is 16.0. The summed E-state index contributed by atoms with van der Waals surface area (Å²) in [5.74, 6) is 0.220. The van der Waals surface area contributed by atoms with Gasteiger partial charge in [0.2, 0.25) is 0 Å². The highest BCUT2D eigenvalue weighted by Crippen LogP contribution is 2.39. The zero-order chi connectivity index (χ0) is 15.0. The third kappa shape index (κ3) is 2.95. The minimum Gasteiger partial charge on any atom is -0.384 e. The third-order valence-electron chi connectivity index (χ3n) is 4.08. The van der Waals surface area contributed by atoms with Gasteiger partial charge in [0.15, 0.2) is 5.78 Å². The molecular weight excluding hydrogens is 296 g/mol. The van der Waals surface area contributed by atoms with Crippen LogP contribution >= 0.6 is 12.4 Å². The van der Waals surface area contributed by atoms with Gasteiger partial charge in [0.25, 0.3) is 0 Å². The number of para-hydroxylation sites is 1. The molecule has 3 nitrogen and oxygen atoms in total. The number of Topliss-reactive ketones (excluding diaryl/α,β-unsaturated/α-hetero) is 1. The molecule has 0 fully saturated rings. The fourth-order valence-electron chi connectivity index (χ4n) is 3.16. The van der Waals surface area contributed by atoms with E-state index in [0.29, 0.717) is 6.42 Å². The van der Waals surface area contributed by atoms with Crippen molar-refractivity contribution in [2.75, 3.05) is 11.9 Å². The topological polar surface area (TPSA) is 42.0 Å². The van der Waals surface area contributed by atoms with Crippen molar-refractivity contribution < 1.29 is 4.79 Å². The molecular formula is C18H23ClN2O. The molecule has 1 aromatic heterocycles. The molecule has 0 bridgehead atoms.